The third kappa shape index (κ3) is 3.70. The molecule has 0 fully saturated rings. The van der Waals surface area contributed by atoms with E-state index >= 15 is 0 Å². The van der Waals surface area contributed by atoms with Gasteiger partial charge < -0.3 is 14.6 Å². The number of aromatic nitrogens is 2. The van der Waals surface area contributed by atoms with Gasteiger partial charge in [0.25, 0.3) is 0 Å². The molecule has 0 saturated carbocycles. The van der Waals surface area contributed by atoms with Gasteiger partial charge in [0.05, 0.1) is 12.6 Å². The second-order valence-electron chi connectivity index (χ2n) is 6.00. The molecule has 1 N–H and O–H groups in total. The van der Waals surface area contributed by atoms with Gasteiger partial charge in [-0.2, -0.15) is 4.98 Å². The van der Waals surface area contributed by atoms with Crippen molar-refractivity contribution >= 4 is 5.91 Å². The van der Waals surface area contributed by atoms with Gasteiger partial charge in [0, 0.05) is 30.7 Å². The van der Waals surface area contributed by atoms with Crippen LogP contribution in [0.3, 0.4) is 0 Å². The minimum atomic E-state index is -0.0176. The van der Waals surface area contributed by atoms with Gasteiger partial charge in [0.2, 0.25) is 11.8 Å². The van der Waals surface area contributed by atoms with Crippen molar-refractivity contribution in [3.63, 3.8) is 0 Å². The minimum Gasteiger partial charge on any atom is -0.493 e. The summed E-state index contributed by atoms with van der Waals surface area (Å²) in [6.45, 7) is 4.62. The predicted molar refractivity (Wildman–Crippen MR) is 84.1 cm³/mol. The number of benzene rings is 1. The molecule has 0 saturated heterocycles. The van der Waals surface area contributed by atoms with Crippen LogP contribution in [-0.4, -0.2) is 22.7 Å². The van der Waals surface area contributed by atoms with Crippen LogP contribution in [0, 0.1) is 0 Å². The van der Waals surface area contributed by atoms with E-state index in [2.05, 4.69) is 15.5 Å². The van der Waals surface area contributed by atoms with E-state index in [4.69, 9.17) is 9.26 Å². The lowest BCUT2D eigenvalue weighted by atomic mass is 10.0. The quantitative estimate of drug-likeness (QED) is 0.918. The van der Waals surface area contributed by atoms with Gasteiger partial charge in [0.15, 0.2) is 5.82 Å². The highest BCUT2D eigenvalue weighted by Crippen LogP contribution is 2.31. The van der Waals surface area contributed by atoms with E-state index < -0.39 is 0 Å². The monoisotopic (exact) mass is 315 g/mol. The molecule has 1 amide bonds. The van der Waals surface area contributed by atoms with E-state index in [9.17, 15) is 4.79 Å². The number of para-hydroxylation sites is 1. The Morgan fingerprint density at radius 2 is 2.22 bits per heavy atom. The molecular weight excluding hydrogens is 294 g/mol. The Morgan fingerprint density at radius 1 is 1.39 bits per heavy atom. The molecule has 122 valence electrons. The Morgan fingerprint density at radius 3 is 3.00 bits per heavy atom. The third-order valence-corrected chi connectivity index (χ3v) is 3.86. The Hall–Kier alpha value is -2.37. The number of carbonyl (C=O) groups excluding carboxylic acids is 1. The van der Waals surface area contributed by atoms with Crippen molar-refractivity contribution in [1.82, 2.24) is 15.5 Å². The molecule has 1 aromatic heterocycles. The first-order valence-electron chi connectivity index (χ1n) is 7.97. The predicted octanol–water partition coefficient (Wildman–Crippen LogP) is 2.77. The van der Waals surface area contributed by atoms with E-state index in [1.54, 1.807) is 0 Å². The average molecular weight is 315 g/mol. The summed E-state index contributed by atoms with van der Waals surface area (Å²) >= 11 is 0. The summed E-state index contributed by atoms with van der Waals surface area (Å²) in [5.41, 5.74) is 1.03. The van der Waals surface area contributed by atoms with Crippen molar-refractivity contribution < 1.29 is 14.1 Å². The van der Waals surface area contributed by atoms with Crippen molar-refractivity contribution in [2.45, 2.75) is 45.1 Å². The molecular formula is C17H21N3O3. The van der Waals surface area contributed by atoms with Crippen LogP contribution in [0.2, 0.25) is 0 Å². The number of fused-ring (bicyclic) bond motifs is 1. The van der Waals surface area contributed by atoms with Gasteiger partial charge >= 0.3 is 0 Å². The van der Waals surface area contributed by atoms with Crippen molar-refractivity contribution in [1.29, 1.82) is 0 Å². The second-order valence-corrected chi connectivity index (χ2v) is 6.00. The van der Waals surface area contributed by atoms with Gasteiger partial charge in [0.1, 0.15) is 5.75 Å². The Labute approximate surface area is 135 Å². The van der Waals surface area contributed by atoms with Crippen LogP contribution in [0.15, 0.2) is 28.8 Å². The number of amides is 1. The van der Waals surface area contributed by atoms with E-state index in [1.807, 2.05) is 38.1 Å². The summed E-state index contributed by atoms with van der Waals surface area (Å²) < 4.78 is 10.8. The Balaban J connectivity index is 1.55. The molecule has 1 atom stereocenters. The van der Waals surface area contributed by atoms with Crippen LogP contribution >= 0.6 is 0 Å². The SMILES string of the molecule is CC(C)c1noc(CCC(=O)N[C@H]2CCOc3ccccc32)n1. The molecule has 23 heavy (non-hydrogen) atoms. The standard InChI is InChI=1S/C17H21N3O3/c1-11(2)17-19-16(23-20-17)8-7-15(21)18-13-9-10-22-14-6-4-3-5-12(13)14/h3-6,11,13H,7-10H2,1-2H3,(H,18,21)/t13-/m0/s1. The number of carbonyl (C=O) groups is 1. The van der Waals surface area contributed by atoms with Crippen LogP contribution in [0.1, 0.15) is 55.9 Å². The van der Waals surface area contributed by atoms with Gasteiger partial charge in [-0.25, -0.2) is 0 Å². The molecule has 2 aromatic rings. The molecule has 0 radical (unpaired) electrons. The first-order chi connectivity index (χ1) is 11.1. The molecule has 1 aromatic carbocycles. The average Bonchev–Trinajstić information content (AvgIpc) is 3.03. The Kier molecular flexibility index (Phi) is 4.60. The summed E-state index contributed by atoms with van der Waals surface area (Å²) in [7, 11) is 0. The first-order valence-corrected chi connectivity index (χ1v) is 7.97. The lowest BCUT2D eigenvalue weighted by Crippen LogP contribution is -2.32. The van der Waals surface area contributed by atoms with Gasteiger partial charge in [-0.05, 0) is 6.07 Å². The summed E-state index contributed by atoms with van der Waals surface area (Å²) in [4.78, 5) is 16.5. The molecule has 0 unspecified atom stereocenters. The summed E-state index contributed by atoms with van der Waals surface area (Å²) in [5.74, 6) is 2.24. The van der Waals surface area contributed by atoms with Gasteiger partial charge in [-0.15, -0.1) is 0 Å². The summed E-state index contributed by atoms with van der Waals surface area (Å²) in [6, 6.07) is 7.82. The fourth-order valence-electron chi connectivity index (χ4n) is 2.58. The molecule has 1 aliphatic rings. The molecule has 6 nitrogen and oxygen atoms in total. The van der Waals surface area contributed by atoms with Crippen molar-refractivity contribution in [2.75, 3.05) is 6.61 Å². The molecule has 2 heterocycles. The maximum Gasteiger partial charge on any atom is 0.227 e. The lowest BCUT2D eigenvalue weighted by molar-refractivity contribution is -0.122. The second kappa shape index (κ2) is 6.81. The number of rotatable bonds is 5. The van der Waals surface area contributed by atoms with Crippen LogP contribution in [-0.2, 0) is 11.2 Å². The van der Waals surface area contributed by atoms with Crippen molar-refractivity contribution in [3.8, 4) is 5.75 Å². The maximum absolute atomic E-state index is 12.2. The highest BCUT2D eigenvalue weighted by molar-refractivity contribution is 5.76. The zero-order chi connectivity index (χ0) is 16.2. The number of aryl methyl sites for hydroxylation is 1. The fraction of sp³-hybridized carbons (Fsp3) is 0.471. The third-order valence-electron chi connectivity index (χ3n) is 3.86. The lowest BCUT2D eigenvalue weighted by Gasteiger charge is -2.26. The fourth-order valence-corrected chi connectivity index (χ4v) is 2.58. The number of ether oxygens (including phenoxy) is 1. The number of nitrogens with one attached hydrogen (secondary N) is 1. The molecule has 0 aliphatic carbocycles. The van der Waals surface area contributed by atoms with Crippen LogP contribution < -0.4 is 10.1 Å². The molecule has 0 bridgehead atoms. The van der Waals surface area contributed by atoms with Gasteiger partial charge in [-0.3, -0.25) is 4.79 Å². The topological polar surface area (TPSA) is 77.2 Å². The largest absolute Gasteiger partial charge is 0.493 e. The zero-order valence-electron chi connectivity index (χ0n) is 13.4. The smallest absolute Gasteiger partial charge is 0.227 e. The molecule has 0 spiro atoms. The van der Waals surface area contributed by atoms with E-state index in [1.165, 1.54) is 0 Å². The minimum absolute atomic E-state index is 0.00126. The number of hydrogen-bond acceptors (Lipinski definition) is 5. The van der Waals surface area contributed by atoms with Crippen LogP contribution in [0.4, 0.5) is 0 Å². The maximum atomic E-state index is 12.2. The zero-order valence-corrected chi connectivity index (χ0v) is 13.4. The van der Waals surface area contributed by atoms with E-state index in [0.717, 1.165) is 17.7 Å². The van der Waals surface area contributed by atoms with Crippen LogP contribution in [0.5, 0.6) is 5.75 Å². The van der Waals surface area contributed by atoms with Crippen LogP contribution in [0.25, 0.3) is 0 Å². The highest BCUT2D eigenvalue weighted by Gasteiger charge is 2.22. The summed E-state index contributed by atoms with van der Waals surface area (Å²) in [5, 5.41) is 6.97. The normalized spacial score (nSPS) is 16.7. The first kappa shape index (κ1) is 15.5. The van der Waals surface area contributed by atoms with Crippen molar-refractivity contribution in [2.24, 2.45) is 0 Å². The number of hydrogen-bond donors (Lipinski definition) is 1. The van der Waals surface area contributed by atoms with Gasteiger partial charge in [-0.1, -0.05) is 37.2 Å². The van der Waals surface area contributed by atoms with Crippen molar-refractivity contribution in [3.05, 3.63) is 41.5 Å². The molecule has 1 aliphatic heterocycles. The Bertz CT molecular complexity index is 681. The van der Waals surface area contributed by atoms with E-state index in [0.29, 0.717) is 31.2 Å². The highest BCUT2D eigenvalue weighted by atomic mass is 16.5. The van der Waals surface area contributed by atoms with E-state index in [-0.39, 0.29) is 17.9 Å². The molecule has 6 heteroatoms. The summed E-state index contributed by atoms with van der Waals surface area (Å²) in [6.07, 6.45) is 1.57. The molecule has 3 rings (SSSR count). The number of nitrogens with zero attached hydrogens (tertiary/aromatic N) is 2.